The van der Waals surface area contributed by atoms with Gasteiger partial charge in [-0.15, -0.1) is 0 Å². The van der Waals surface area contributed by atoms with Gasteiger partial charge in [-0.2, -0.15) is 0 Å². The zero-order chi connectivity index (χ0) is 13.1. The van der Waals surface area contributed by atoms with Crippen LogP contribution >= 0.6 is 0 Å². The summed E-state index contributed by atoms with van der Waals surface area (Å²) in [5.74, 6) is -0.956. The Balaban J connectivity index is 2.19. The number of benzene rings is 1. The van der Waals surface area contributed by atoms with Crippen molar-refractivity contribution in [3.63, 3.8) is 0 Å². The van der Waals surface area contributed by atoms with E-state index in [1.54, 1.807) is 13.0 Å². The number of ether oxygens (including phenoxy) is 2. The van der Waals surface area contributed by atoms with Crippen molar-refractivity contribution in [3.8, 4) is 5.75 Å². The zero-order valence-electron chi connectivity index (χ0n) is 10.0. The first-order valence-electron chi connectivity index (χ1n) is 5.81. The minimum atomic E-state index is -1.01. The molecule has 2 rings (SSSR count). The number of fused-ring (bicyclic) bond motifs is 1. The van der Waals surface area contributed by atoms with E-state index in [1.807, 2.05) is 0 Å². The fourth-order valence-electron chi connectivity index (χ4n) is 1.90. The van der Waals surface area contributed by atoms with Gasteiger partial charge in [-0.3, -0.25) is 0 Å². The van der Waals surface area contributed by atoms with E-state index in [0.717, 1.165) is 5.56 Å². The highest BCUT2D eigenvalue weighted by Gasteiger charge is 2.27. The Bertz CT molecular complexity index is 480. The van der Waals surface area contributed by atoms with E-state index in [-0.39, 0.29) is 5.56 Å². The van der Waals surface area contributed by atoms with Crippen molar-refractivity contribution in [3.05, 3.63) is 29.3 Å². The van der Waals surface area contributed by atoms with Crippen LogP contribution in [0.15, 0.2) is 18.2 Å². The van der Waals surface area contributed by atoms with E-state index in [4.69, 9.17) is 14.6 Å². The summed E-state index contributed by atoms with van der Waals surface area (Å²) in [5, 5.41) is 8.90. The Hall–Kier alpha value is -2.04. The molecule has 0 aromatic heterocycles. The van der Waals surface area contributed by atoms with Gasteiger partial charge in [0.15, 0.2) is 6.10 Å². The van der Waals surface area contributed by atoms with Crippen LogP contribution in [0.5, 0.6) is 5.75 Å². The molecule has 5 nitrogen and oxygen atoms in total. The zero-order valence-corrected chi connectivity index (χ0v) is 10.0. The van der Waals surface area contributed by atoms with Crippen molar-refractivity contribution in [2.45, 2.75) is 25.9 Å². The molecule has 1 atom stereocenters. The quantitative estimate of drug-likeness (QED) is 0.825. The number of aromatic carboxylic acids is 1. The summed E-state index contributed by atoms with van der Waals surface area (Å²) in [4.78, 5) is 22.4. The highest BCUT2D eigenvalue weighted by atomic mass is 16.6. The van der Waals surface area contributed by atoms with E-state index in [0.29, 0.717) is 25.2 Å². The average Bonchev–Trinajstić information content (AvgIpc) is 2.37. The molecule has 1 aromatic carbocycles. The molecule has 1 N–H and O–H groups in total. The van der Waals surface area contributed by atoms with Crippen LogP contribution in [0.2, 0.25) is 0 Å². The van der Waals surface area contributed by atoms with Gasteiger partial charge in [0.1, 0.15) is 5.75 Å². The molecule has 1 aliphatic rings. The predicted molar refractivity (Wildman–Crippen MR) is 62.8 cm³/mol. The summed E-state index contributed by atoms with van der Waals surface area (Å²) in [5.41, 5.74) is 1.07. The number of carboxylic acid groups (broad SMARTS) is 1. The topological polar surface area (TPSA) is 72.8 Å². The summed E-state index contributed by atoms with van der Waals surface area (Å²) in [7, 11) is 0. The van der Waals surface area contributed by atoms with Crippen molar-refractivity contribution in [1.29, 1.82) is 0 Å². The highest BCUT2D eigenvalue weighted by Crippen LogP contribution is 2.29. The number of aryl methyl sites for hydroxylation is 1. The van der Waals surface area contributed by atoms with Gasteiger partial charge in [-0.05, 0) is 37.5 Å². The van der Waals surface area contributed by atoms with Crippen LogP contribution < -0.4 is 4.74 Å². The van der Waals surface area contributed by atoms with Crippen LogP contribution in [-0.4, -0.2) is 29.8 Å². The van der Waals surface area contributed by atoms with Crippen molar-refractivity contribution < 1.29 is 24.2 Å². The summed E-state index contributed by atoms with van der Waals surface area (Å²) >= 11 is 0. The van der Waals surface area contributed by atoms with Gasteiger partial charge in [-0.1, -0.05) is 6.07 Å². The Morgan fingerprint density at radius 1 is 1.50 bits per heavy atom. The number of esters is 1. The minimum Gasteiger partial charge on any atom is -0.478 e. The normalized spacial score (nSPS) is 17.5. The SMILES string of the molecule is CCOC(=O)C1CCc2ccc(C(=O)O)cc2O1. The van der Waals surface area contributed by atoms with E-state index in [9.17, 15) is 9.59 Å². The van der Waals surface area contributed by atoms with Gasteiger partial charge in [0.2, 0.25) is 0 Å². The number of carbonyl (C=O) groups excluding carboxylic acids is 1. The molecule has 1 aliphatic heterocycles. The smallest absolute Gasteiger partial charge is 0.347 e. The lowest BCUT2D eigenvalue weighted by Gasteiger charge is -2.24. The molecule has 0 bridgehead atoms. The molecule has 0 amide bonds. The maximum atomic E-state index is 11.6. The predicted octanol–water partition coefficient (Wildman–Crippen LogP) is 1.64. The molecule has 0 fully saturated rings. The maximum absolute atomic E-state index is 11.6. The van der Waals surface area contributed by atoms with E-state index in [1.165, 1.54) is 12.1 Å². The second-order valence-corrected chi connectivity index (χ2v) is 4.02. The Morgan fingerprint density at radius 2 is 2.28 bits per heavy atom. The van der Waals surface area contributed by atoms with Crippen molar-refractivity contribution in [1.82, 2.24) is 0 Å². The summed E-state index contributed by atoms with van der Waals surface area (Å²) in [6.07, 6.45) is 0.596. The van der Waals surface area contributed by atoms with E-state index < -0.39 is 18.0 Å². The second-order valence-electron chi connectivity index (χ2n) is 4.02. The van der Waals surface area contributed by atoms with Crippen molar-refractivity contribution in [2.75, 3.05) is 6.61 Å². The third-order valence-corrected chi connectivity index (χ3v) is 2.81. The van der Waals surface area contributed by atoms with Gasteiger partial charge < -0.3 is 14.6 Å². The molecule has 96 valence electrons. The van der Waals surface area contributed by atoms with Crippen LogP contribution in [0.25, 0.3) is 0 Å². The van der Waals surface area contributed by atoms with Crippen LogP contribution in [0.4, 0.5) is 0 Å². The van der Waals surface area contributed by atoms with Crippen molar-refractivity contribution >= 4 is 11.9 Å². The summed E-state index contributed by atoms with van der Waals surface area (Å²) in [6.45, 7) is 2.04. The lowest BCUT2D eigenvalue weighted by atomic mass is 10.0. The molecule has 1 aromatic rings. The largest absolute Gasteiger partial charge is 0.478 e. The monoisotopic (exact) mass is 250 g/mol. The molecule has 18 heavy (non-hydrogen) atoms. The molecule has 0 saturated heterocycles. The van der Waals surface area contributed by atoms with E-state index in [2.05, 4.69) is 0 Å². The third kappa shape index (κ3) is 2.45. The molecular formula is C13H14O5. The molecule has 0 aliphatic carbocycles. The molecular weight excluding hydrogens is 236 g/mol. The number of carbonyl (C=O) groups is 2. The van der Waals surface area contributed by atoms with Gasteiger partial charge in [-0.25, -0.2) is 9.59 Å². The lowest BCUT2D eigenvalue weighted by Crippen LogP contribution is -2.33. The number of hydrogen-bond donors (Lipinski definition) is 1. The standard InChI is InChI=1S/C13H14O5/c1-2-17-13(16)10-6-5-8-3-4-9(12(14)15)7-11(8)18-10/h3-4,7,10H,2,5-6H2,1H3,(H,14,15). The first kappa shape index (κ1) is 12.4. The molecule has 5 heteroatoms. The van der Waals surface area contributed by atoms with Crippen LogP contribution in [0.1, 0.15) is 29.3 Å². The summed E-state index contributed by atoms with van der Waals surface area (Å²) < 4.78 is 10.4. The van der Waals surface area contributed by atoms with E-state index >= 15 is 0 Å². The highest BCUT2D eigenvalue weighted by molar-refractivity contribution is 5.88. The fourth-order valence-corrected chi connectivity index (χ4v) is 1.90. The summed E-state index contributed by atoms with van der Waals surface area (Å²) in [6, 6.07) is 4.71. The Morgan fingerprint density at radius 3 is 2.94 bits per heavy atom. The van der Waals surface area contributed by atoms with Gasteiger partial charge in [0, 0.05) is 0 Å². The minimum absolute atomic E-state index is 0.151. The van der Waals surface area contributed by atoms with Gasteiger partial charge in [0.05, 0.1) is 12.2 Å². The van der Waals surface area contributed by atoms with Crippen LogP contribution in [0.3, 0.4) is 0 Å². The number of carboxylic acids is 1. The number of rotatable bonds is 3. The fraction of sp³-hybridized carbons (Fsp3) is 0.385. The second kappa shape index (κ2) is 5.08. The molecule has 1 heterocycles. The third-order valence-electron chi connectivity index (χ3n) is 2.81. The molecule has 0 radical (unpaired) electrons. The molecule has 0 spiro atoms. The Labute approximate surface area is 104 Å². The lowest BCUT2D eigenvalue weighted by molar-refractivity contribution is -0.152. The van der Waals surface area contributed by atoms with Crippen molar-refractivity contribution in [2.24, 2.45) is 0 Å². The number of hydrogen-bond acceptors (Lipinski definition) is 4. The maximum Gasteiger partial charge on any atom is 0.347 e. The Kier molecular flexibility index (Phi) is 3.50. The van der Waals surface area contributed by atoms with Gasteiger partial charge >= 0.3 is 11.9 Å². The van der Waals surface area contributed by atoms with Crippen LogP contribution in [0, 0.1) is 0 Å². The molecule has 0 saturated carbocycles. The first-order valence-corrected chi connectivity index (χ1v) is 5.81. The van der Waals surface area contributed by atoms with Gasteiger partial charge in [0.25, 0.3) is 0 Å². The molecule has 1 unspecified atom stereocenters. The first-order chi connectivity index (χ1) is 8.61. The van der Waals surface area contributed by atoms with Crippen LogP contribution in [-0.2, 0) is 16.0 Å². The average molecular weight is 250 g/mol.